The van der Waals surface area contributed by atoms with Crippen molar-refractivity contribution in [3.63, 3.8) is 0 Å². The fourth-order valence-electron chi connectivity index (χ4n) is 5.20. The third-order valence-corrected chi connectivity index (χ3v) is 8.12. The van der Waals surface area contributed by atoms with E-state index in [1.165, 1.54) is 12.0 Å². The molecule has 1 saturated carbocycles. The molecule has 0 radical (unpaired) electrons. The maximum absolute atomic E-state index is 13.2. The van der Waals surface area contributed by atoms with Crippen molar-refractivity contribution in [3.05, 3.63) is 67.8 Å². The molecule has 4 nitrogen and oxygen atoms in total. The summed E-state index contributed by atoms with van der Waals surface area (Å²) in [5.74, 6) is 1.77. The second kappa shape index (κ2) is 7.03. The van der Waals surface area contributed by atoms with Crippen LogP contribution in [0.4, 0.5) is 4.39 Å². The fourth-order valence-corrected chi connectivity index (χ4v) is 6.21. The lowest BCUT2D eigenvalue weighted by atomic mass is 9.64. The number of aryl methyl sites for hydroxylation is 3. The first-order valence-electron chi connectivity index (χ1n) is 10.4. The van der Waals surface area contributed by atoms with Gasteiger partial charge in [0.25, 0.3) is 5.56 Å². The highest BCUT2D eigenvalue weighted by molar-refractivity contribution is 7.17. The molecule has 3 aromatic rings. The Morgan fingerprint density at radius 1 is 1.17 bits per heavy atom. The molecule has 0 N–H and O–H groups in total. The van der Waals surface area contributed by atoms with Crippen molar-refractivity contribution in [1.29, 1.82) is 0 Å². The molecule has 0 bridgehead atoms. The van der Waals surface area contributed by atoms with Crippen LogP contribution in [0.25, 0.3) is 4.96 Å². The van der Waals surface area contributed by atoms with Crippen molar-refractivity contribution in [2.75, 3.05) is 19.6 Å². The second-order valence-corrected chi connectivity index (χ2v) is 9.85. The summed E-state index contributed by atoms with van der Waals surface area (Å²) >= 11 is 1.58. The summed E-state index contributed by atoms with van der Waals surface area (Å²) in [7, 11) is 0. The van der Waals surface area contributed by atoms with E-state index in [0.717, 1.165) is 58.8 Å². The van der Waals surface area contributed by atoms with E-state index in [-0.39, 0.29) is 11.4 Å². The van der Waals surface area contributed by atoms with Crippen LogP contribution in [0.1, 0.15) is 39.7 Å². The number of hydrogen-bond donors (Lipinski definition) is 0. The van der Waals surface area contributed by atoms with Crippen molar-refractivity contribution >= 4 is 16.3 Å². The molecule has 1 aliphatic carbocycles. The molecular formula is C23H26FN3OS. The van der Waals surface area contributed by atoms with Crippen LogP contribution in [0.15, 0.2) is 29.1 Å². The van der Waals surface area contributed by atoms with Crippen LogP contribution in [0, 0.1) is 38.4 Å². The molecule has 2 fully saturated rings. The Bertz CT molecular complexity index is 1130. The summed E-state index contributed by atoms with van der Waals surface area (Å²) in [5.41, 5.74) is 4.08. The smallest absolute Gasteiger partial charge is 0.262 e. The van der Waals surface area contributed by atoms with Crippen molar-refractivity contribution in [2.45, 2.75) is 39.5 Å². The highest BCUT2D eigenvalue weighted by Crippen LogP contribution is 2.51. The quantitative estimate of drug-likeness (QED) is 0.649. The number of thiazole rings is 1. The number of halogens is 1. The molecular weight excluding hydrogens is 385 g/mol. The molecule has 3 heterocycles. The number of fused-ring (bicyclic) bond motifs is 2. The van der Waals surface area contributed by atoms with Crippen LogP contribution in [0.2, 0.25) is 0 Å². The highest BCUT2D eigenvalue weighted by Gasteiger charge is 2.47. The fraction of sp³-hybridized carbons (Fsp3) is 0.478. The Kier molecular flexibility index (Phi) is 4.59. The van der Waals surface area contributed by atoms with E-state index in [0.29, 0.717) is 11.8 Å². The zero-order chi connectivity index (χ0) is 20.3. The average Bonchev–Trinajstić information content (AvgIpc) is 3.13. The van der Waals surface area contributed by atoms with Crippen LogP contribution in [-0.4, -0.2) is 33.9 Å². The third-order valence-electron chi connectivity index (χ3n) is 7.06. The van der Waals surface area contributed by atoms with Gasteiger partial charge in [-0.3, -0.25) is 9.20 Å². The largest absolute Gasteiger partial charge is 0.302 e. The molecule has 1 saturated heterocycles. The number of benzene rings is 1. The summed E-state index contributed by atoms with van der Waals surface area (Å²) in [4.78, 5) is 22.2. The van der Waals surface area contributed by atoms with E-state index in [9.17, 15) is 9.18 Å². The SMILES string of the molecule is Cc1nc2sc(C)c(C)n2c(=O)c1CCN1CC2CC(c3ccc(F)cc3)C2C1. The van der Waals surface area contributed by atoms with E-state index >= 15 is 0 Å². The Hall–Kier alpha value is -2.05. The molecule has 0 spiro atoms. The number of nitrogens with zero attached hydrogens (tertiary/aromatic N) is 3. The van der Waals surface area contributed by atoms with Crippen LogP contribution in [0.5, 0.6) is 0 Å². The normalized spacial score (nSPS) is 24.1. The predicted molar refractivity (Wildman–Crippen MR) is 114 cm³/mol. The Balaban J connectivity index is 1.29. The van der Waals surface area contributed by atoms with E-state index in [2.05, 4.69) is 4.90 Å². The van der Waals surface area contributed by atoms with Crippen LogP contribution >= 0.6 is 11.3 Å². The molecule has 2 aliphatic rings. The first kappa shape index (κ1) is 18.9. The van der Waals surface area contributed by atoms with Gasteiger partial charge in [-0.05, 0) is 69.1 Å². The topological polar surface area (TPSA) is 37.6 Å². The first-order valence-corrected chi connectivity index (χ1v) is 11.2. The molecule has 152 valence electrons. The lowest BCUT2D eigenvalue weighted by Crippen LogP contribution is -2.33. The lowest BCUT2D eigenvalue weighted by Gasteiger charge is -2.40. The number of hydrogen-bond acceptors (Lipinski definition) is 4. The predicted octanol–water partition coefficient (Wildman–Crippen LogP) is 4.10. The van der Waals surface area contributed by atoms with E-state index in [4.69, 9.17) is 4.98 Å². The summed E-state index contributed by atoms with van der Waals surface area (Å²) in [6.07, 6.45) is 1.94. The van der Waals surface area contributed by atoms with Gasteiger partial charge < -0.3 is 4.90 Å². The van der Waals surface area contributed by atoms with Crippen LogP contribution < -0.4 is 5.56 Å². The van der Waals surface area contributed by atoms with Gasteiger partial charge in [-0.15, -0.1) is 11.3 Å². The van der Waals surface area contributed by atoms with Gasteiger partial charge in [-0.1, -0.05) is 12.1 Å². The zero-order valence-corrected chi connectivity index (χ0v) is 17.9. The molecule has 5 rings (SSSR count). The van der Waals surface area contributed by atoms with Crippen molar-refractivity contribution in [3.8, 4) is 0 Å². The summed E-state index contributed by atoms with van der Waals surface area (Å²) < 4.78 is 15.0. The maximum Gasteiger partial charge on any atom is 0.262 e. The van der Waals surface area contributed by atoms with Gasteiger partial charge >= 0.3 is 0 Å². The van der Waals surface area contributed by atoms with E-state index in [1.807, 2.05) is 32.9 Å². The van der Waals surface area contributed by atoms with Crippen molar-refractivity contribution < 1.29 is 4.39 Å². The molecule has 3 unspecified atom stereocenters. The zero-order valence-electron chi connectivity index (χ0n) is 17.1. The van der Waals surface area contributed by atoms with Gasteiger partial charge in [0, 0.05) is 41.5 Å². The lowest BCUT2D eigenvalue weighted by molar-refractivity contribution is 0.191. The Morgan fingerprint density at radius 2 is 1.93 bits per heavy atom. The Morgan fingerprint density at radius 3 is 2.69 bits per heavy atom. The minimum atomic E-state index is -0.166. The Labute approximate surface area is 174 Å². The highest BCUT2D eigenvalue weighted by atomic mass is 32.1. The number of rotatable bonds is 4. The van der Waals surface area contributed by atoms with Crippen molar-refractivity contribution in [2.24, 2.45) is 11.8 Å². The van der Waals surface area contributed by atoms with Crippen molar-refractivity contribution in [1.82, 2.24) is 14.3 Å². The number of aromatic nitrogens is 2. The van der Waals surface area contributed by atoms with E-state index < -0.39 is 0 Å². The monoisotopic (exact) mass is 411 g/mol. The molecule has 29 heavy (non-hydrogen) atoms. The minimum absolute atomic E-state index is 0.0979. The van der Waals surface area contributed by atoms with Gasteiger partial charge in [0.2, 0.25) is 0 Å². The van der Waals surface area contributed by atoms with Gasteiger partial charge in [0.15, 0.2) is 4.96 Å². The van der Waals surface area contributed by atoms with Gasteiger partial charge in [-0.2, -0.15) is 0 Å². The average molecular weight is 412 g/mol. The summed E-state index contributed by atoms with van der Waals surface area (Å²) in [5, 5.41) is 0. The number of likely N-dealkylation sites (tertiary alicyclic amines) is 1. The van der Waals surface area contributed by atoms with Gasteiger partial charge in [-0.25, -0.2) is 9.37 Å². The van der Waals surface area contributed by atoms with Crippen LogP contribution in [-0.2, 0) is 6.42 Å². The molecule has 6 heteroatoms. The van der Waals surface area contributed by atoms with Crippen LogP contribution in [0.3, 0.4) is 0 Å². The molecule has 2 aromatic heterocycles. The maximum atomic E-state index is 13.2. The third kappa shape index (κ3) is 3.13. The molecule has 1 aliphatic heterocycles. The van der Waals surface area contributed by atoms with Gasteiger partial charge in [0.05, 0.1) is 0 Å². The van der Waals surface area contributed by atoms with E-state index in [1.54, 1.807) is 27.9 Å². The molecule has 0 amide bonds. The molecule has 3 atom stereocenters. The standard InChI is InChI=1S/C23H26FN3OS/c1-13-19(22(28)27-14(2)15(3)29-23(27)25-13)8-9-26-11-17-10-20(21(17)12-26)16-4-6-18(24)7-5-16/h4-7,17,20-21H,8-12H2,1-3H3. The summed E-state index contributed by atoms with van der Waals surface area (Å²) in [6.45, 7) is 9.07. The second-order valence-electron chi connectivity index (χ2n) is 8.67. The summed E-state index contributed by atoms with van der Waals surface area (Å²) in [6, 6.07) is 7.02. The molecule has 1 aromatic carbocycles. The first-order chi connectivity index (χ1) is 13.9. The minimum Gasteiger partial charge on any atom is -0.302 e. The van der Waals surface area contributed by atoms with Gasteiger partial charge in [0.1, 0.15) is 5.82 Å².